The molecule has 0 aromatic rings. The molecule has 4 rings (SSSR count). The molecule has 0 atom stereocenters. The van der Waals surface area contributed by atoms with Crippen LogP contribution in [0.2, 0.25) is 0 Å². The zero-order valence-electron chi connectivity index (χ0n) is 7.84. The van der Waals surface area contributed by atoms with Gasteiger partial charge in [0.2, 0.25) is 0 Å². The monoisotopic (exact) mass is 315 g/mol. The van der Waals surface area contributed by atoms with Gasteiger partial charge in [-0.3, -0.25) is 14.7 Å². The van der Waals surface area contributed by atoms with Crippen LogP contribution >= 0.6 is 34.2 Å². The first-order valence-corrected chi connectivity index (χ1v) is 7.01. The van der Waals surface area contributed by atoms with Crippen LogP contribution in [0.5, 0.6) is 0 Å². The Morgan fingerprint density at radius 2 is 1.23 bits per heavy atom. The van der Waals surface area contributed by atoms with E-state index in [1.54, 1.807) is 0 Å². The molecule has 4 aliphatic rings. The van der Waals surface area contributed by atoms with Gasteiger partial charge in [-0.15, -0.1) is 11.6 Å². The van der Waals surface area contributed by atoms with Gasteiger partial charge in [-0.25, -0.2) is 0 Å². The topological polar surface area (TPSA) is 9.72 Å². The molecule has 5 heteroatoms. The van der Waals surface area contributed by atoms with E-state index in [0.717, 1.165) is 39.6 Å². The van der Waals surface area contributed by atoms with E-state index in [1.165, 1.54) is 0 Å². The lowest BCUT2D eigenvalue weighted by molar-refractivity contribution is -0.120. The average Bonchev–Trinajstić information content (AvgIpc) is 2.02. The van der Waals surface area contributed by atoms with Gasteiger partial charge >= 0.3 is 0 Å². The van der Waals surface area contributed by atoms with Crippen LogP contribution in [-0.2, 0) is 0 Å². The standard InChI is InChI=1S/C7H12ClN3.CH3I/c8-7-1-9-4-10(2-7)6-11(3-7)5-9;1-2/h1-6H2;1H3. The third-order valence-electron chi connectivity index (χ3n) is 2.72. The fraction of sp³-hybridized carbons (Fsp3) is 1.00. The summed E-state index contributed by atoms with van der Waals surface area (Å²) in [6.07, 6.45) is 0. The van der Waals surface area contributed by atoms with Crippen LogP contribution in [0.25, 0.3) is 0 Å². The molecule has 0 radical (unpaired) electrons. The first-order chi connectivity index (χ1) is 6.23. The predicted octanol–water partition coefficient (Wildman–Crippen LogP) is 0.835. The van der Waals surface area contributed by atoms with Crippen molar-refractivity contribution < 1.29 is 0 Å². The van der Waals surface area contributed by atoms with Crippen LogP contribution in [0, 0.1) is 0 Å². The van der Waals surface area contributed by atoms with Crippen molar-refractivity contribution in [3.05, 3.63) is 0 Å². The molecule has 0 aromatic carbocycles. The molecular formula is C8H15ClIN3. The van der Waals surface area contributed by atoms with Crippen LogP contribution in [0.4, 0.5) is 0 Å². The first-order valence-electron chi connectivity index (χ1n) is 4.47. The lowest BCUT2D eigenvalue weighted by Crippen LogP contribution is -2.73. The normalized spacial score (nSPS) is 51.5. The van der Waals surface area contributed by atoms with Gasteiger partial charge < -0.3 is 0 Å². The van der Waals surface area contributed by atoms with Crippen molar-refractivity contribution in [2.75, 3.05) is 44.6 Å². The SMILES string of the molecule is CI.ClC12CN3CN(CN(C3)C1)C2. The quantitative estimate of drug-likeness (QED) is 0.484. The van der Waals surface area contributed by atoms with E-state index in [9.17, 15) is 0 Å². The molecule has 0 saturated carbocycles. The van der Waals surface area contributed by atoms with E-state index in [2.05, 4.69) is 37.3 Å². The Morgan fingerprint density at radius 1 is 0.923 bits per heavy atom. The predicted molar refractivity (Wildman–Crippen MR) is 63.2 cm³/mol. The van der Waals surface area contributed by atoms with Gasteiger partial charge in [-0.2, -0.15) is 0 Å². The Bertz CT molecular complexity index is 165. The zero-order valence-corrected chi connectivity index (χ0v) is 10.8. The van der Waals surface area contributed by atoms with Gasteiger partial charge in [0.05, 0.1) is 24.9 Å². The molecule has 0 aromatic heterocycles. The van der Waals surface area contributed by atoms with E-state index in [4.69, 9.17) is 11.6 Å². The maximum absolute atomic E-state index is 6.41. The first kappa shape index (κ1) is 10.4. The largest absolute Gasteiger partial charge is 0.276 e. The Labute approximate surface area is 98.1 Å². The minimum atomic E-state index is 0.0503. The summed E-state index contributed by atoms with van der Waals surface area (Å²) >= 11 is 8.56. The van der Waals surface area contributed by atoms with E-state index < -0.39 is 0 Å². The van der Waals surface area contributed by atoms with Gasteiger partial charge in [0.1, 0.15) is 0 Å². The van der Waals surface area contributed by atoms with Crippen LogP contribution in [0.3, 0.4) is 0 Å². The smallest absolute Gasteiger partial charge is 0.0828 e. The number of rotatable bonds is 0. The highest BCUT2D eigenvalue weighted by Crippen LogP contribution is 2.33. The fourth-order valence-corrected chi connectivity index (χ4v) is 3.14. The molecular weight excluding hydrogens is 300 g/mol. The second-order valence-electron chi connectivity index (χ2n) is 4.06. The fourth-order valence-electron chi connectivity index (χ4n) is 2.63. The van der Waals surface area contributed by atoms with Gasteiger partial charge in [0, 0.05) is 19.6 Å². The summed E-state index contributed by atoms with van der Waals surface area (Å²) in [6.45, 7) is 6.64. The second-order valence-corrected chi connectivity index (χ2v) is 4.86. The molecule has 4 fully saturated rings. The van der Waals surface area contributed by atoms with Crippen molar-refractivity contribution in [3.63, 3.8) is 0 Å². The summed E-state index contributed by atoms with van der Waals surface area (Å²) in [5.41, 5.74) is 0. The van der Waals surface area contributed by atoms with E-state index in [0.29, 0.717) is 0 Å². The van der Waals surface area contributed by atoms with Crippen LogP contribution in [0.15, 0.2) is 0 Å². The van der Waals surface area contributed by atoms with Gasteiger partial charge in [-0.05, 0) is 4.93 Å². The molecule has 13 heavy (non-hydrogen) atoms. The minimum Gasteiger partial charge on any atom is -0.276 e. The maximum Gasteiger partial charge on any atom is 0.0828 e. The lowest BCUT2D eigenvalue weighted by Gasteiger charge is -2.58. The zero-order chi connectivity index (χ0) is 9.47. The summed E-state index contributed by atoms with van der Waals surface area (Å²) in [5.74, 6) is 0. The highest BCUT2D eigenvalue weighted by atomic mass is 127. The summed E-state index contributed by atoms with van der Waals surface area (Å²) in [4.78, 5) is 9.28. The summed E-state index contributed by atoms with van der Waals surface area (Å²) in [5, 5.41) is 0. The molecule has 4 aliphatic heterocycles. The lowest BCUT2D eigenvalue weighted by atomic mass is 10.00. The van der Waals surface area contributed by atoms with Crippen molar-refractivity contribution >= 4 is 34.2 Å². The van der Waals surface area contributed by atoms with Crippen LogP contribution in [0.1, 0.15) is 0 Å². The van der Waals surface area contributed by atoms with Crippen LogP contribution in [-0.4, -0.2) is 64.1 Å². The summed E-state index contributed by atoms with van der Waals surface area (Å²) < 4.78 is 0. The van der Waals surface area contributed by atoms with Gasteiger partial charge in [0.15, 0.2) is 0 Å². The third-order valence-corrected chi connectivity index (χ3v) is 3.08. The third kappa shape index (κ3) is 1.97. The molecule has 4 heterocycles. The maximum atomic E-state index is 6.41. The Kier molecular flexibility index (Phi) is 3.05. The molecule has 0 aliphatic carbocycles. The van der Waals surface area contributed by atoms with Crippen LogP contribution < -0.4 is 0 Å². The minimum absolute atomic E-state index is 0.0503. The molecule has 3 nitrogen and oxygen atoms in total. The average molecular weight is 316 g/mol. The van der Waals surface area contributed by atoms with Crippen molar-refractivity contribution in [2.45, 2.75) is 4.87 Å². The number of hydrogen-bond acceptors (Lipinski definition) is 3. The molecule has 4 saturated heterocycles. The number of alkyl halides is 2. The molecule has 76 valence electrons. The number of halogens is 2. The van der Waals surface area contributed by atoms with Gasteiger partial charge in [-0.1, -0.05) is 22.6 Å². The summed E-state index contributed by atoms with van der Waals surface area (Å²) in [6, 6.07) is 0. The highest BCUT2D eigenvalue weighted by molar-refractivity contribution is 14.1. The molecule has 4 bridgehead atoms. The molecule has 0 amide bonds. The number of hydrogen-bond donors (Lipinski definition) is 0. The molecule has 0 unspecified atom stereocenters. The van der Waals surface area contributed by atoms with Crippen molar-refractivity contribution in [1.82, 2.24) is 14.7 Å². The highest BCUT2D eigenvalue weighted by Gasteiger charge is 2.47. The molecule has 0 spiro atoms. The Morgan fingerprint density at radius 3 is 1.46 bits per heavy atom. The van der Waals surface area contributed by atoms with Gasteiger partial charge in [0.25, 0.3) is 0 Å². The summed E-state index contributed by atoms with van der Waals surface area (Å²) in [7, 11) is 0. The van der Waals surface area contributed by atoms with E-state index in [-0.39, 0.29) is 4.87 Å². The molecule has 0 N–H and O–H groups in total. The number of nitrogens with zero attached hydrogens (tertiary/aromatic N) is 3. The van der Waals surface area contributed by atoms with E-state index in [1.807, 2.05) is 4.93 Å². The van der Waals surface area contributed by atoms with Crippen molar-refractivity contribution in [2.24, 2.45) is 0 Å². The Balaban J connectivity index is 0.000000308. The van der Waals surface area contributed by atoms with E-state index >= 15 is 0 Å². The Hall–Kier alpha value is 0.900. The van der Waals surface area contributed by atoms with Crippen molar-refractivity contribution in [3.8, 4) is 0 Å². The van der Waals surface area contributed by atoms with Crippen molar-refractivity contribution in [1.29, 1.82) is 0 Å². The second kappa shape index (κ2) is 3.81.